The lowest BCUT2D eigenvalue weighted by Crippen LogP contribution is -2.30. The molecule has 0 atom stereocenters. The quantitative estimate of drug-likeness (QED) is 0.579. The van der Waals surface area contributed by atoms with Crippen molar-refractivity contribution in [3.63, 3.8) is 0 Å². The number of carbonyl (C=O) groups is 1. The first-order valence-electron chi connectivity index (χ1n) is 8.73. The zero-order chi connectivity index (χ0) is 18.5. The minimum atomic E-state index is -0.0967. The largest absolute Gasteiger partial charge is 0.283 e. The van der Waals surface area contributed by atoms with Gasteiger partial charge in [-0.05, 0) is 29.3 Å². The van der Waals surface area contributed by atoms with E-state index in [0.717, 1.165) is 17.0 Å². The van der Waals surface area contributed by atoms with Gasteiger partial charge in [-0.25, -0.2) is 4.99 Å². The van der Waals surface area contributed by atoms with E-state index in [1.54, 1.807) is 16.7 Å². The number of nitrogens with zero attached hydrogens (tertiary/aromatic N) is 2. The van der Waals surface area contributed by atoms with E-state index >= 15 is 0 Å². The van der Waals surface area contributed by atoms with Gasteiger partial charge in [0.2, 0.25) is 0 Å². The van der Waals surface area contributed by atoms with E-state index in [-0.39, 0.29) is 5.91 Å². The monoisotopic (exact) mass is 370 g/mol. The van der Waals surface area contributed by atoms with Crippen LogP contribution in [-0.2, 0) is 10.5 Å². The lowest BCUT2D eigenvalue weighted by Gasteiger charge is -2.17. The van der Waals surface area contributed by atoms with Crippen LogP contribution in [0, 0.1) is 0 Å². The second-order valence-corrected chi connectivity index (χ2v) is 7.03. The fourth-order valence-corrected chi connectivity index (χ4v) is 3.80. The molecule has 1 aliphatic heterocycles. The molecule has 0 spiro atoms. The summed E-state index contributed by atoms with van der Waals surface area (Å²) in [5.74, 6) is 0.662. The molecule has 3 aromatic carbocycles. The molecule has 0 saturated heterocycles. The number of benzene rings is 3. The predicted octanol–water partition coefficient (Wildman–Crippen LogP) is 5.36. The summed E-state index contributed by atoms with van der Waals surface area (Å²) in [5, 5.41) is 0.706. The smallest absolute Gasteiger partial charge is 0.266 e. The van der Waals surface area contributed by atoms with Gasteiger partial charge in [0.25, 0.3) is 5.91 Å². The molecule has 4 heteroatoms. The van der Waals surface area contributed by atoms with E-state index in [2.05, 4.69) is 17.1 Å². The van der Waals surface area contributed by atoms with Gasteiger partial charge in [0.1, 0.15) is 5.70 Å². The fourth-order valence-electron chi connectivity index (χ4n) is 2.83. The molecule has 0 N–H and O–H groups in total. The zero-order valence-corrected chi connectivity index (χ0v) is 15.5. The average molecular weight is 370 g/mol. The van der Waals surface area contributed by atoms with Gasteiger partial charge in [-0.15, -0.1) is 0 Å². The summed E-state index contributed by atoms with van der Waals surface area (Å²) in [6.07, 6.45) is 1.84. The SMILES string of the molecule is O=C1/C(=C/c2ccccc2)N=C(SCc2ccccc2)N1c1ccccc1. The molecule has 0 aromatic heterocycles. The number of hydrogen-bond acceptors (Lipinski definition) is 3. The van der Waals surface area contributed by atoms with Gasteiger partial charge in [0.05, 0.1) is 5.69 Å². The van der Waals surface area contributed by atoms with E-state index in [4.69, 9.17) is 0 Å². The molecule has 3 aromatic rings. The highest BCUT2D eigenvalue weighted by molar-refractivity contribution is 8.13. The highest BCUT2D eigenvalue weighted by Gasteiger charge is 2.31. The minimum Gasteiger partial charge on any atom is -0.266 e. The molecule has 0 unspecified atom stereocenters. The Balaban J connectivity index is 1.65. The number of amidine groups is 1. The Morgan fingerprint density at radius 1 is 0.815 bits per heavy atom. The van der Waals surface area contributed by atoms with Crippen LogP contribution in [0.3, 0.4) is 0 Å². The Bertz CT molecular complexity index is 983. The van der Waals surface area contributed by atoms with Gasteiger partial charge in [-0.3, -0.25) is 9.69 Å². The molecule has 0 aliphatic carbocycles. The van der Waals surface area contributed by atoms with Gasteiger partial charge in [0, 0.05) is 5.75 Å². The van der Waals surface area contributed by atoms with Crippen molar-refractivity contribution in [1.82, 2.24) is 0 Å². The van der Waals surface area contributed by atoms with Crippen molar-refractivity contribution in [3.8, 4) is 0 Å². The van der Waals surface area contributed by atoms with Crippen LogP contribution in [0.25, 0.3) is 6.08 Å². The topological polar surface area (TPSA) is 32.7 Å². The number of carbonyl (C=O) groups excluding carboxylic acids is 1. The number of hydrogen-bond donors (Lipinski definition) is 0. The van der Waals surface area contributed by atoms with Crippen molar-refractivity contribution in [3.05, 3.63) is 108 Å². The molecule has 1 aliphatic rings. The third-order valence-electron chi connectivity index (χ3n) is 4.16. The van der Waals surface area contributed by atoms with Crippen molar-refractivity contribution >= 4 is 34.6 Å². The van der Waals surface area contributed by atoms with Crippen LogP contribution in [0.2, 0.25) is 0 Å². The molecule has 0 radical (unpaired) electrons. The summed E-state index contributed by atoms with van der Waals surface area (Å²) in [7, 11) is 0. The van der Waals surface area contributed by atoms with E-state index in [1.807, 2.05) is 84.9 Å². The number of anilines is 1. The maximum absolute atomic E-state index is 13.1. The summed E-state index contributed by atoms with van der Waals surface area (Å²) >= 11 is 1.57. The maximum Gasteiger partial charge on any atom is 0.283 e. The molecule has 3 nitrogen and oxygen atoms in total. The van der Waals surface area contributed by atoms with Crippen LogP contribution in [0.4, 0.5) is 5.69 Å². The summed E-state index contributed by atoms with van der Waals surface area (Å²) in [6, 6.07) is 29.7. The molecular weight excluding hydrogens is 352 g/mol. The third kappa shape index (κ3) is 4.01. The maximum atomic E-state index is 13.1. The van der Waals surface area contributed by atoms with Gasteiger partial charge in [-0.2, -0.15) is 0 Å². The first kappa shape index (κ1) is 17.3. The summed E-state index contributed by atoms with van der Waals surface area (Å²) in [6.45, 7) is 0. The normalized spacial score (nSPS) is 15.3. The highest BCUT2D eigenvalue weighted by atomic mass is 32.2. The second-order valence-electron chi connectivity index (χ2n) is 6.09. The van der Waals surface area contributed by atoms with Crippen LogP contribution in [0.5, 0.6) is 0 Å². The molecule has 0 bridgehead atoms. The van der Waals surface area contributed by atoms with Crippen LogP contribution >= 0.6 is 11.8 Å². The van der Waals surface area contributed by atoms with Crippen molar-refractivity contribution in [2.75, 3.05) is 4.90 Å². The third-order valence-corrected chi connectivity index (χ3v) is 5.17. The average Bonchev–Trinajstić information content (AvgIpc) is 3.04. The Kier molecular flexibility index (Phi) is 5.17. The number of aliphatic imine (C=N–C) groups is 1. The number of thioether (sulfide) groups is 1. The lowest BCUT2D eigenvalue weighted by molar-refractivity contribution is -0.113. The fraction of sp³-hybridized carbons (Fsp3) is 0.0435. The van der Waals surface area contributed by atoms with Crippen LogP contribution in [0.1, 0.15) is 11.1 Å². The molecular formula is C23H18N2OS. The Labute approximate surface area is 163 Å². The first-order valence-corrected chi connectivity index (χ1v) is 9.71. The van der Waals surface area contributed by atoms with Crippen molar-refractivity contribution in [2.24, 2.45) is 4.99 Å². The Hall–Kier alpha value is -3.11. The summed E-state index contributed by atoms with van der Waals surface area (Å²) in [5.41, 5.74) is 3.46. The number of para-hydroxylation sites is 1. The standard InChI is InChI=1S/C23H18N2OS/c26-22-21(16-18-10-4-1-5-11-18)24-23(25(22)20-14-8-3-9-15-20)27-17-19-12-6-2-7-13-19/h1-16H,17H2/b21-16-. The lowest BCUT2D eigenvalue weighted by atomic mass is 10.2. The molecule has 132 valence electrons. The van der Waals surface area contributed by atoms with Crippen LogP contribution in [0.15, 0.2) is 102 Å². The molecule has 1 amide bonds. The van der Waals surface area contributed by atoms with Crippen LogP contribution in [-0.4, -0.2) is 11.1 Å². The van der Waals surface area contributed by atoms with Gasteiger partial charge in [-0.1, -0.05) is 90.6 Å². The van der Waals surface area contributed by atoms with E-state index in [1.165, 1.54) is 5.56 Å². The van der Waals surface area contributed by atoms with E-state index in [0.29, 0.717) is 10.9 Å². The van der Waals surface area contributed by atoms with Crippen molar-refractivity contribution in [2.45, 2.75) is 5.75 Å². The van der Waals surface area contributed by atoms with Gasteiger partial charge < -0.3 is 0 Å². The molecule has 0 fully saturated rings. The predicted molar refractivity (Wildman–Crippen MR) is 114 cm³/mol. The minimum absolute atomic E-state index is 0.0967. The molecule has 27 heavy (non-hydrogen) atoms. The van der Waals surface area contributed by atoms with E-state index in [9.17, 15) is 4.79 Å². The summed E-state index contributed by atoms with van der Waals surface area (Å²) < 4.78 is 0. The Morgan fingerprint density at radius 2 is 1.41 bits per heavy atom. The summed E-state index contributed by atoms with van der Waals surface area (Å²) in [4.78, 5) is 19.4. The number of rotatable bonds is 4. The zero-order valence-electron chi connectivity index (χ0n) is 14.7. The number of amides is 1. The van der Waals surface area contributed by atoms with E-state index < -0.39 is 0 Å². The van der Waals surface area contributed by atoms with Gasteiger partial charge in [0.15, 0.2) is 5.17 Å². The molecule has 1 heterocycles. The highest BCUT2D eigenvalue weighted by Crippen LogP contribution is 2.30. The molecule has 0 saturated carbocycles. The van der Waals surface area contributed by atoms with Crippen molar-refractivity contribution in [1.29, 1.82) is 0 Å². The second kappa shape index (κ2) is 8.06. The van der Waals surface area contributed by atoms with Gasteiger partial charge >= 0.3 is 0 Å². The van der Waals surface area contributed by atoms with Crippen LogP contribution < -0.4 is 4.90 Å². The first-order chi connectivity index (χ1) is 13.3. The van der Waals surface area contributed by atoms with Crippen molar-refractivity contribution < 1.29 is 4.79 Å². The Morgan fingerprint density at radius 3 is 2.07 bits per heavy atom. The molecule has 4 rings (SSSR count).